The fourth-order valence-electron chi connectivity index (χ4n) is 2.92. The van der Waals surface area contributed by atoms with Crippen molar-refractivity contribution in [1.29, 1.82) is 0 Å². The topological polar surface area (TPSA) is 32.3 Å². The Morgan fingerprint density at radius 3 is 2.41 bits per heavy atom. The van der Waals surface area contributed by atoms with E-state index in [0.29, 0.717) is 12.1 Å². The van der Waals surface area contributed by atoms with Crippen LogP contribution < -0.4 is 5.32 Å². The van der Waals surface area contributed by atoms with Gasteiger partial charge in [0.15, 0.2) is 0 Å². The summed E-state index contributed by atoms with van der Waals surface area (Å²) < 4.78 is 0. The van der Waals surface area contributed by atoms with Gasteiger partial charge < -0.3 is 10.4 Å². The molecule has 17 heavy (non-hydrogen) atoms. The lowest BCUT2D eigenvalue weighted by Crippen LogP contribution is -2.50. The molecule has 0 aliphatic heterocycles. The molecule has 4 unspecified atom stereocenters. The van der Waals surface area contributed by atoms with Crippen LogP contribution in [0.3, 0.4) is 0 Å². The molecular formula is C15H31NO. The predicted molar refractivity (Wildman–Crippen MR) is 74.0 cm³/mol. The molecule has 102 valence electrons. The van der Waals surface area contributed by atoms with Gasteiger partial charge in [-0.25, -0.2) is 0 Å². The third-order valence-electron chi connectivity index (χ3n) is 4.34. The first kappa shape index (κ1) is 15.0. The lowest BCUT2D eigenvalue weighted by molar-refractivity contribution is 0.144. The molecule has 1 fully saturated rings. The van der Waals surface area contributed by atoms with Crippen LogP contribution in [0.1, 0.15) is 60.3 Å². The first-order chi connectivity index (χ1) is 7.84. The third kappa shape index (κ3) is 4.59. The Labute approximate surface area is 107 Å². The third-order valence-corrected chi connectivity index (χ3v) is 4.34. The summed E-state index contributed by atoms with van der Waals surface area (Å²) in [5, 5.41) is 13.0. The molecule has 1 saturated carbocycles. The SMILES string of the molecule is CC1CCC(C)C(NC(CCO)C(C)(C)C)C1. The van der Waals surface area contributed by atoms with Crippen LogP contribution in [-0.4, -0.2) is 23.8 Å². The fraction of sp³-hybridized carbons (Fsp3) is 1.00. The van der Waals surface area contributed by atoms with E-state index in [9.17, 15) is 5.11 Å². The van der Waals surface area contributed by atoms with Gasteiger partial charge >= 0.3 is 0 Å². The van der Waals surface area contributed by atoms with Crippen LogP contribution >= 0.6 is 0 Å². The van der Waals surface area contributed by atoms with Crippen molar-refractivity contribution in [2.45, 2.75) is 72.4 Å². The van der Waals surface area contributed by atoms with Gasteiger partial charge in [0.2, 0.25) is 0 Å². The highest BCUT2D eigenvalue weighted by atomic mass is 16.3. The molecule has 0 aromatic heterocycles. The first-order valence-corrected chi connectivity index (χ1v) is 7.21. The van der Waals surface area contributed by atoms with Crippen molar-refractivity contribution in [2.75, 3.05) is 6.61 Å². The Bertz CT molecular complexity index is 221. The van der Waals surface area contributed by atoms with E-state index in [0.717, 1.165) is 18.3 Å². The highest BCUT2D eigenvalue weighted by molar-refractivity contribution is 4.88. The highest BCUT2D eigenvalue weighted by Crippen LogP contribution is 2.31. The Balaban J connectivity index is 2.59. The second kappa shape index (κ2) is 6.19. The number of hydrogen-bond acceptors (Lipinski definition) is 2. The van der Waals surface area contributed by atoms with Crippen molar-refractivity contribution < 1.29 is 5.11 Å². The van der Waals surface area contributed by atoms with Gasteiger partial charge in [-0.3, -0.25) is 0 Å². The summed E-state index contributed by atoms with van der Waals surface area (Å²) in [4.78, 5) is 0. The van der Waals surface area contributed by atoms with Crippen LogP contribution in [0.25, 0.3) is 0 Å². The average molecular weight is 241 g/mol. The summed E-state index contributed by atoms with van der Waals surface area (Å²) in [6, 6.07) is 1.06. The van der Waals surface area contributed by atoms with E-state index in [-0.39, 0.29) is 12.0 Å². The zero-order valence-corrected chi connectivity index (χ0v) is 12.3. The average Bonchev–Trinajstić information content (AvgIpc) is 2.21. The maximum absolute atomic E-state index is 9.21. The summed E-state index contributed by atoms with van der Waals surface area (Å²) in [6.45, 7) is 11.8. The quantitative estimate of drug-likeness (QED) is 0.792. The highest BCUT2D eigenvalue weighted by Gasteiger charge is 2.31. The molecule has 0 bridgehead atoms. The van der Waals surface area contributed by atoms with Crippen LogP contribution in [0.2, 0.25) is 0 Å². The fourth-order valence-corrected chi connectivity index (χ4v) is 2.92. The molecule has 0 amide bonds. The maximum Gasteiger partial charge on any atom is 0.0446 e. The Kier molecular flexibility index (Phi) is 5.46. The van der Waals surface area contributed by atoms with E-state index in [1.807, 2.05) is 0 Å². The van der Waals surface area contributed by atoms with Gasteiger partial charge in [0.25, 0.3) is 0 Å². The van der Waals surface area contributed by atoms with E-state index in [4.69, 9.17) is 0 Å². The van der Waals surface area contributed by atoms with Gasteiger partial charge in [-0.1, -0.05) is 41.0 Å². The van der Waals surface area contributed by atoms with Crippen LogP contribution in [0.4, 0.5) is 0 Å². The maximum atomic E-state index is 9.21. The molecule has 1 rings (SSSR count). The van der Waals surface area contributed by atoms with Crippen molar-refractivity contribution in [2.24, 2.45) is 17.3 Å². The molecule has 0 radical (unpaired) electrons. The molecule has 0 heterocycles. The molecule has 0 spiro atoms. The van der Waals surface area contributed by atoms with Crippen LogP contribution in [-0.2, 0) is 0 Å². The minimum Gasteiger partial charge on any atom is -0.396 e. The van der Waals surface area contributed by atoms with Gasteiger partial charge in [-0.2, -0.15) is 0 Å². The predicted octanol–water partition coefficient (Wildman–Crippen LogP) is 3.20. The molecule has 1 aliphatic carbocycles. The van der Waals surface area contributed by atoms with Crippen molar-refractivity contribution in [3.63, 3.8) is 0 Å². The zero-order valence-electron chi connectivity index (χ0n) is 12.3. The Hall–Kier alpha value is -0.0800. The number of hydrogen-bond donors (Lipinski definition) is 2. The van der Waals surface area contributed by atoms with Gasteiger partial charge in [0.1, 0.15) is 0 Å². The normalized spacial score (nSPS) is 32.5. The zero-order chi connectivity index (χ0) is 13.1. The van der Waals surface area contributed by atoms with Crippen LogP contribution in [0, 0.1) is 17.3 Å². The standard InChI is InChI=1S/C15H31NO/c1-11-6-7-12(2)13(10-11)16-14(8-9-17)15(3,4)5/h11-14,16-17H,6-10H2,1-5H3. The Morgan fingerprint density at radius 1 is 1.24 bits per heavy atom. The lowest BCUT2D eigenvalue weighted by Gasteiger charge is -2.40. The van der Waals surface area contributed by atoms with E-state index in [1.54, 1.807) is 0 Å². The van der Waals surface area contributed by atoms with Crippen molar-refractivity contribution >= 4 is 0 Å². The number of aliphatic hydroxyl groups excluding tert-OH is 1. The summed E-state index contributed by atoms with van der Waals surface area (Å²) in [6.07, 6.45) is 4.87. The summed E-state index contributed by atoms with van der Waals surface area (Å²) in [5.41, 5.74) is 0.225. The molecule has 0 saturated heterocycles. The van der Waals surface area contributed by atoms with Crippen molar-refractivity contribution in [3.8, 4) is 0 Å². The van der Waals surface area contributed by atoms with Crippen LogP contribution in [0.15, 0.2) is 0 Å². The van der Waals surface area contributed by atoms with E-state index >= 15 is 0 Å². The minimum absolute atomic E-state index is 0.225. The second-order valence-corrected chi connectivity index (χ2v) is 7.10. The van der Waals surface area contributed by atoms with Crippen molar-refractivity contribution in [1.82, 2.24) is 5.32 Å². The monoisotopic (exact) mass is 241 g/mol. The molecule has 2 nitrogen and oxygen atoms in total. The van der Waals surface area contributed by atoms with Gasteiger partial charge in [0.05, 0.1) is 0 Å². The summed E-state index contributed by atoms with van der Waals surface area (Å²) in [5.74, 6) is 1.62. The molecular weight excluding hydrogens is 210 g/mol. The molecule has 0 aromatic rings. The minimum atomic E-state index is 0.225. The van der Waals surface area contributed by atoms with Crippen LogP contribution in [0.5, 0.6) is 0 Å². The molecule has 0 aromatic carbocycles. The largest absolute Gasteiger partial charge is 0.396 e. The van der Waals surface area contributed by atoms with E-state index in [2.05, 4.69) is 39.9 Å². The van der Waals surface area contributed by atoms with Gasteiger partial charge in [0, 0.05) is 18.7 Å². The Morgan fingerprint density at radius 2 is 1.88 bits per heavy atom. The van der Waals surface area contributed by atoms with E-state index in [1.165, 1.54) is 19.3 Å². The molecule has 2 N–H and O–H groups in total. The molecule has 4 atom stereocenters. The molecule has 1 aliphatic rings. The number of aliphatic hydroxyl groups is 1. The smallest absolute Gasteiger partial charge is 0.0446 e. The summed E-state index contributed by atoms with van der Waals surface area (Å²) in [7, 11) is 0. The lowest BCUT2D eigenvalue weighted by atomic mass is 9.77. The van der Waals surface area contributed by atoms with Gasteiger partial charge in [-0.05, 0) is 36.5 Å². The van der Waals surface area contributed by atoms with Crippen molar-refractivity contribution in [3.05, 3.63) is 0 Å². The number of rotatable bonds is 4. The van der Waals surface area contributed by atoms with E-state index < -0.39 is 0 Å². The second-order valence-electron chi connectivity index (χ2n) is 7.10. The van der Waals surface area contributed by atoms with Gasteiger partial charge in [-0.15, -0.1) is 0 Å². The molecule has 2 heteroatoms. The first-order valence-electron chi connectivity index (χ1n) is 7.21. The summed E-state index contributed by atoms with van der Waals surface area (Å²) >= 11 is 0. The number of nitrogens with one attached hydrogen (secondary N) is 1.